The second-order valence-electron chi connectivity index (χ2n) is 3.96. The summed E-state index contributed by atoms with van der Waals surface area (Å²) in [6.45, 7) is 0. The SMILES string of the molecule is Nc1cc(C(F)(F)F)c(C(F)(C(F)F)C(F)(F)F)cc1O. The van der Waals surface area contributed by atoms with Gasteiger partial charge in [0.05, 0.1) is 11.3 Å². The van der Waals surface area contributed by atoms with E-state index in [1.807, 2.05) is 0 Å². The van der Waals surface area contributed by atoms with E-state index in [1.54, 1.807) is 0 Å². The first-order chi connectivity index (χ1) is 9.23. The van der Waals surface area contributed by atoms with E-state index in [0.717, 1.165) is 0 Å². The summed E-state index contributed by atoms with van der Waals surface area (Å²) < 4.78 is 114. The van der Waals surface area contributed by atoms with E-state index < -0.39 is 53.1 Å². The van der Waals surface area contributed by atoms with Crippen molar-refractivity contribution in [2.75, 3.05) is 5.73 Å². The van der Waals surface area contributed by atoms with Crippen molar-refractivity contribution < 1.29 is 44.6 Å². The van der Waals surface area contributed by atoms with E-state index in [1.165, 1.54) is 0 Å². The van der Waals surface area contributed by atoms with Gasteiger partial charge in [0.2, 0.25) is 0 Å². The number of aromatic hydroxyl groups is 1. The first kappa shape index (κ1) is 17.2. The van der Waals surface area contributed by atoms with E-state index in [-0.39, 0.29) is 6.07 Å². The van der Waals surface area contributed by atoms with Crippen molar-refractivity contribution in [3.05, 3.63) is 23.3 Å². The third-order valence-corrected chi connectivity index (χ3v) is 2.58. The van der Waals surface area contributed by atoms with Gasteiger partial charge in [-0.2, -0.15) is 26.3 Å². The van der Waals surface area contributed by atoms with Gasteiger partial charge in [0.25, 0.3) is 12.1 Å². The van der Waals surface area contributed by atoms with Crippen LogP contribution in [-0.2, 0) is 11.8 Å². The number of nitrogen functional groups attached to an aromatic ring is 1. The van der Waals surface area contributed by atoms with E-state index >= 15 is 0 Å². The maximum absolute atomic E-state index is 13.7. The number of nitrogens with two attached hydrogens (primary N) is 1. The highest BCUT2D eigenvalue weighted by atomic mass is 19.4. The summed E-state index contributed by atoms with van der Waals surface area (Å²) in [6.07, 6.45) is -16.8. The Morgan fingerprint density at radius 3 is 1.71 bits per heavy atom. The molecule has 0 aliphatic heterocycles. The zero-order chi connectivity index (χ0) is 16.8. The highest BCUT2D eigenvalue weighted by Gasteiger charge is 2.66. The monoisotopic (exact) mass is 327 g/mol. The number of benzene rings is 1. The smallest absolute Gasteiger partial charge is 0.432 e. The zero-order valence-electron chi connectivity index (χ0n) is 9.66. The molecule has 0 amide bonds. The van der Waals surface area contributed by atoms with Crippen LogP contribution in [0.25, 0.3) is 0 Å². The van der Waals surface area contributed by atoms with E-state index in [9.17, 15) is 39.5 Å². The van der Waals surface area contributed by atoms with Crippen LogP contribution in [0.3, 0.4) is 0 Å². The Bertz CT molecular complexity index is 537. The molecule has 3 N–H and O–H groups in total. The predicted molar refractivity (Wildman–Crippen MR) is 52.4 cm³/mol. The van der Waals surface area contributed by atoms with Gasteiger partial charge in [-0.1, -0.05) is 0 Å². The largest absolute Gasteiger partial charge is 0.506 e. The normalized spacial score (nSPS) is 16.1. The first-order valence-corrected chi connectivity index (χ1v) is 4.96. The molecule has 1 aromatic rings. The van der Waals surface area contributed by atoms with Crippen molar-refractivity contribution in [3.8, 4) is 5.75 Å². The molecular weight excluding hydrogens is 321 g/mol. The summed E-state index contributed by atoms with van der Waals surface area (Å²) in [5.74, 6) is -1.38. The van der Waals surface area contributed by atoms with E-state index in [2.05, 4.69) is 0 Å². The Hall–Kier alpha value is -1.81. The van der Waals surface area contributed by atoms with Crippen LogP contribution in [0.15, 0.2) is 12.1 Å². The highest BCUT2D eigenvalue weighted by molar-refractivity contribution is 5.58. The molecule has 0 aliphatic carbocycles. The number of phenolic OH excluding ortho intramolecular Hbond substituents is 1. The minimum atomic E-state index is -6.34. The van der Waals surface area contributed by atoms with E-state index in [4.69, 9.17) is 10.8 Å². The maximum Gasteiger partial charge on any atom is 0.432 e. The fourth-order valence-corrected chi connectivity index (χ4v) is 1.53. The van der Waals surface area contributed by atoms with Gasteiger partial charge in [-0.3, -0.25) is 0 Å². The van der Waals surface area contributed by atoms with Crippen LogP contribution >= 0.6 is 0 Å². The van der Waals surface area contributed by atoms with E-state index in [0.29, 0.717) is 0 Å². The summed E-state index contributed by atoms with van der Waals surface area (Å²) in [5.41, 5.74) is -6.58. The lowest BCUT2D eigenvalue weighted by Crippen LogP contribution is -2.45. The van der Waals surface area contributed by atoms with Gasteiger partial charge in [0.1, 0.15) is 5.75 Å². The number of alkyl halides is 9. The molecule has 0 radical (unpaired) electrons. The molecule has 21 heavy (non-hydrogen) atoms. The minimum Gasteiger partial charge on any atom is -0.506 e. The summed E-state index contributed by atoms with van der Waals surface area (Å²) in [5, 5.41) is 9.03. The lowest BCUT2D eigenvalue weighted by Gasteiger charge is -2.30. The topological polar surface area (TPSA) is 46.2 Å². The number of hydrogen-bond acceptors (Lipinski definition) is 2. The molecule has 11 heteroatoms. The molecule has 0 aromatic heterocycles. The third-order valence-electron chi connectivity index (χ3n) is 2.58. The molecule has 1 atom stereocenters. The molecule has 1 aromatic carbocycles. The number of anilines is 1. The number of phenols is 1. The average molecular weight is 327 g/mol. The fraction of sp³-hybridized carbons (Fsp3) is 0.400. The molecule has 0 fully saturated rings. The Labute approximate surface area is 111 Å². The standard InChI is InChI=1S/C10H6F9NO/c11-7(12)8(13,10(17,18)19)3-2-6(21)5(20)1-4(3)9(14,15)16/h1-2,7,21H,20H2. The van der Waals surface area contributed by atoms with Gasteiger partial charge < -0.3 is 10.8 Å². The van der Waals surface area contributed by atoms with Gasteiger partial charge in [-0.25, -0.2) is 13.2 Å². The van der Waals surface area contributed by atoms with Crippen LogP contribution in [0, 0.1) is 0 Å². The Balaban J connectivity index is 3.79. The van der Waals surface area contributed by atoms with Crippen molar-refractivity contribution in [3.63, 3.8) is 0 Å². The molecule has 0 heterocycles. The first-order valence-electron chi connectivity index (χ1n) is 4.96. The second-order valence-corrected chi connectivity index (χ2v) is 3.96. The second kappa shape index (κ2) is 4.88. The Kier molecular flexibility index (Phi) is 4.01. The summed E-state index contributed by atoms with van der Waals surface area (Å²) in [7, 11) is 0. The van der Waals surface area contributed by atoms with Crippen molar-refractivity contribution in [1.82, 2.24) is 0 Å². The van der Waals surface area contributed by atoms with Crippen molar-refractivity contribution in [2.24, 2.45) is 0 Å². The number of rotatable bonds is 2. The van der Waals surface area contributed by atoms with Gasteiger partial charge in [-0.05, 0) is 12.1 Å². The molecule has 0 spiro atoms. The zero-order valence-corrected chi connectivity index (χ0v) is 9.66. The quantitative estimate of drug-likeness (QED) is 0.490. The fourth-order valence-electron chi connectivity index (χ4n) is 1.53. The van der Waals surface area contributed by atoms with Gasteiger partial charge >= 0.3 is 12.4 Å². The molecule has 1 unspecified atom stereocenters. The molecule has 0 bridgehead atoms. The molecule has 0 saturated heterocycles. The molecule has 0 aliphatic rings. The van der Waals surface area contributed by atoms with Gasteiger partial charge in [0.15, 0.2) is 0 Å². The third kappa shape index (κ3) is 2.81. The van der Waals surface area contributed by atoms with Crippen LogP contribution in [0.4, 0.5) is 45.2 Å². The molecule has 120 valence electrons. The lowest BCUT2D eigenvalue weighted by atomic mass is 9.89. The molecule has 0 saturated carbocycles. The van der Waals surface area contributed by atoms with Gasteiger partial charge in [-0.15, -0.1) is 0 Å². The van der Waals surface area contributed by atoms with Crippen molar-refractivity contribution in [2.45, 2.75) is 24.4 Å². The van der Waals surface area contributed by atoms with Crippen LogP contribution in [0.2, 0.25) is 0 Å². The van der Waals surface area contributed by atoms with Crippen LogP contribution in [0.5, 0.6) is 5.75 Å². The summed E-state index contributed by atoms with van der Waals surface area (Å²) >= 11 is 0. The van der Waals surface area contributed by atoms with Crippen LogP contribution < -0.4 is 5.73 Å². The predicted octanol–water partition coefficient (Wildman–Crippen LogP) is 3.99. The molecule has 2 nitrogen and oxygen atoms in total. The van der Waals surface area contributed by atoms with Crippen LogP contribution in [-0.4, -0.2) is 17.7 Å². The minimum absolute atomic E-state index is 0.243. The lowest BCUT2D eigenvalue weighted by molar-refractivity contribution is -0.275. The van der Waals surface area contributed by atoms with Crippen molar-refractivity contribution >= 4 is 5.69 Å². The summed E-state index contributed by atoms with van der Waals surface area (Å²) in [4.78, 5) is 0. The summed E-state index contributed by atoms with van der Waals surface area (Å²) in [6, 6.07) is -0.648. The average Bonchev–Trinajstić information content (AvgIpc) is 2.27. The number of halogens is 9. The maximum atomic E-state index is 13.7. The van der Waals surface area contributed by atoms with Crippen LogP contribution in [0.1, 0.15) is 11.1 Å². The molecule has 1 rings (SSSR count). The Morgan fingerprint density at radius 2 is 1.38 bits per heavy atom. The van der Waals surface area contributed by atoms with Crippen molar-refractivity contribution in [1.29, 1.82) is 0 Å². The molecular formula is C10H6F9NO. The van der Waals surface area contributed by atoms with Gasteiger partial charge in [0, 0.05) is 5.56 Å². The number of hydrogen-bond donors (Lipinski definition) is 2. The highest BCUT2D eigenvalue weighted by Crippen LogP contribution is 2.51. The Morgan fingerprint density at radius 1 is 0.905 bits per heavy atom.